The van der Waals surface area contributed by atoms with Crippen LogP contribution in [0.15, 0.2) is 72.6 Å². The van der Waals surface area contributed by atoms with E-state index in [-0.39, 0.29) is 48.3 Å². The number of cyclic esters (lactones) is 1. The average molecular weight is 990 g/mol. The molecule has 2 aromatic rings. The molecule has 0 saturated carbocycles. The number of likely N-dealkylation sites (N-methyl/N-ethyl adjacent to an activating group) is 1. The number of carbonyl (C=O) groups is 7. The van der Waals surface area contributed by atoms with Crippen molar-refractivity contribution in [3.05, 3.63) is 88.8 Å². The predicted octanol–water partition coefficient (Wildman–Crippen LogP) is 5.96. The molecule has 1 fully saturated rings. The van der Waals surface area contributed by atoms with Gasteiger partial charge < -0.3 is 35.0 Å². The maximum Gasteiger partial charge on any atom is 0.410 e. The molecule has 3 aliphatic heterocycles. The maximum atomic E-state index is 13.7. The van der Waals surface area contributed by atoms with E-state index in [1.54, 1.807) is 30.3 Å². The van der Waals surface area contributed by atoms with Crippen LogP contribution in [-0.2, 0) is 44.8 Å². The number of piperazine rings is 1. The Morgan fingerprint density at radius 3 is 2.29 bits per heavy atom. The molecular weight excluding hydrogens is 918 g/mol. The Hall–Kier alpha value is -5.91. The molecular formula is C52H71ClN7O10+. The summed E-state index contributed by atoms with van der Waals surface area (Å²) in [7, 11) is 2.14. The van der Waals surface area contributed by atoms with E-state index in [4.69, 9.17) is 21.1 Å². The fourth-order valence-corrected chi connectivity index (χ4v) is 8.88. The van der Waals surface area contributed by atoms with Gasteiger partial charge in [-0.05, 0) is 86.8 Å². The van der Waals surface area contributed by atoms with Crippen molar-refractivity contribution in [1.82, 2.24) is 25.4 Å². The molecule has 2 unspecified atom stereocenters. The predicted molar refractivity (Wildman–Crippen MR) is 265 cm³/mol. The Kier molecular flexibility index (Phi) is 20.3. The van der Waals surface area contributed by atoms with Crippen molar-refractivity contribution in [2.24, 2.45) is 17.8 Å². The molecule has 0 aliphatic carbocycles. The van der Waals surface area contributed by atoms with Crippen molar-refractivity contribution in [1.29, 1.82) is 0 Å². The van der Waals surface area contributed by atoms with Gasteiger partial charge in [0.25, 0.3) is 11.8 Å². The number of nitrogens with one attached hydrogen (secondary N) is 3. The Morgan fingerprint density at radius 2 is 1.63 bits per heavy atom. The van der Waals surface area contributed by atoms with Gasteiger partial charge in [-0.3, -0.25) is 43.6 Å². The Bertz CT molecular complexity index is 2260. The van der Waals surface area contributed by atoms with Gasteiger partial charge in [-0.1, -0.05) is 70.0 Å². The van der Waals surface area contributed by atoms with Crippen molar-refractivity contribution in [3.63, 3.8) is 0 Å². The highest BCUT2D eigenvalue weighted by atomic mass is 35.5. The van der Waals surface area contributed by atoms with E-state index in [1.807, 2.05) is 77.1 Å². The molecule has 17 nitrogen and oxygen atoms in total. The number of nitrogens with zero attached hydrogens (tertiary/aromatic N) is 4. The van der Waals surface area contributed by atoms with Crippen LogP contribution >= 0.6 is 11.6 Å². The lowest BCUT2D eigenvalue weighted by atomic mass is 9.91. The third kappa shape index (κ3) is 16.6. The Labute approximate surface area is 416 Å². The van der Waals surface area contributed by atoms with E-state index >= 15 is 0 Å². The molecule has 5 rings (SSSR count). The molecule has 0 radical (unpaired) electrons. The minimum atomic E-state index is -0.904. The van der Waals surface area contributed by atoms with Crippen LogP contribution in [0.5, 0.6) is 0 Å². The van der Waals surface area contributed by atoms with E-state index in [0.717, 1.165) is 16.7 Å². The molecule has 1 aromatic carbocycles. The summed E-state index contributed by atoms with van der Waals surface area (Å²) in [5.41, 5.74) is 3.13. The summed E-state index contributed by atoms with van der Waals surface area (Å²) < 4.78 is 12.8. The van der Waals surface area contributed by atoms with E-state index in [0.29, 0.717) is 86.6 Å². The summed E-state index contributed by atoms with van der Waals surface area (Å²) in [4.78, 5) is 96.2. The zero-order chi connectivity index (χ0) is 51.1. The first-order chi connectivity index (χ1) is 33.2. The van der Waals surface area contributed by atoms with E-state index in [9.17, 15) is 38.7 Å². The van der Waals surface area contributed by atoms with Crippen LogP contribution in [0.2, 0.25) is 5.02 Å². The van der Waals surface area contributed by atoms with E-state index in [1.165, 1.54) is 17.1 Å². The number of unbranched alkanes of at least 4 members (excludes halogenated alkanes) is 2. The molecule has 0 bridgehead atoms. The monoisotopic (exact) mass is 988 g/mol. The van der Waals surface area contributed by atoms with Gasteiger partial charge in [0.05, 0.1) is 50.8 Å². The number of ether oxygens (including phenoxy) is 2. The van der Waals surface area contributed by atoms with Crippen molar-refractivity contribution in [2.45, 2.75) is 123 Å². The van der Waals surface area contributed by atoms with Gasteiger partial charge in [-0.2, -0.15) is 0 Å². The summed E-state index contributed by atoms with van der Waals surface area (Å²) >= 11 is 6.16. The minimum absolute atomic E-state index is 0.135. The van der Waals surface area contributed by atoms with Gasteiger partial charge in [0.2, 0.25) is 17.7 Å². The maximum absolute atomic E-state index is 13.7. The van der Waals surface area contributed by atoms with Gasteiger partial charge in [0.1, 0.15) is 30.8 Å². The van der Waals surface area contributed by atoms with Crippen LogP contribution in [0.4, 0.5) is 10.5 Å². The number of anilines is 1. The molecule has 1 aromatic heterocycles. The lowest BCUT2D eigenvalue weighted by molar-refractivity contribution is -0.926. The van der Waals surface area contributed by atoms with Crippen LogP contribution in [0, 0.1) is 17.8 Å². The number of aromatic nitrogens is 1. The van der Waals surface area contributed by atoms with Crippen LogP contribution in [0.3, 0.4) is 0 Å². The third-order valence-corrected chi connectivity index (χ3v) is 13.3. The summed E-state index contributed by atoms with van der Waals surface area (Å²) in [5, 5.41) is 19.6. The third-order valence-electron chi connectivity index (χ3n) is 13.1. The average Bonchev–Trinajstić information content (AvgIpc) is 3.63. The number of esters is 1. The molecule has 1 saturated heterocycles. The van der Waals surface area contributed by atoms with Crippen LogP contribution in [0.25, 0.3) is 6.08 Å². The van der Waals surface area contributed by atoms with Crippen LogP contribution in [0.1, 0.15) is 97.6 Å². The molecule has 380 valence electrons. The first-order valence-corrected chi connectivity index (χ1v) is 24.7. The highest BCUT2D eigenvalue weighted by Crippen LogP contribution is 2.27. The second kappa shape index (κ2) is 25.8. The molecule has 7 atom stereocenters. The number of hydrogen-bond acceptors (Lipinski definition) is 11. The summed E-state index contributed by atoms with van der Waals surface area (Å²) in [6, 6.07) is 7.55. The lowest BCUT2D eigenvalue weighted by Gasteiger charge is -2.42. The number of halogens is 1. The number of quaternary nitrogens is 1. The highest BCUT2D eigenvalue weighted by molar-refractivity contribution is 6.30. The van der Waals surface area contributed by atoms with Gasteiger partial charge in [0, 0.05) is 54.7 Å². The van der Waals surface area contributed by atoms with E-state index < -0.39 is 54.3 Å². The largest absolute Gasteiger partial charge is 0.457 e. The molecule has 4 N–H and O–H groups in total. The Balaban J connectivity index is 1.08. The fourth-order valence-electron chi connectivity index (χ4n) is 8.70. The summed E-state index contributed by atoms with van der Waals surface area (Å²) in [5.74, 6) is -3.01. The second-order valence-corrected chi connectivity index (χ2v) is 20.1. The SMILES string of the molecule is C/C(=C\c1cncc(Cl)c1)[C@H]1OC(=O)C[C@H](O)CC[C@H](C)[C@@H](OC(=O)N2CC[N+](C)(Cc3ccc(NC(=O)C(C)NC(=O)C(NC(=O)CCCCCN4C(=O)C=CC4=O)C(C)C)cc3)CC2)/C=C/[C@@H]1C. The lowest BCUT2D eigenvalue weighted by Crippen LogP contribution is -2.58. The van der Waals surface area contributed by atoms with Crippen molar-refractivity contribution < 1.29 is 52.6 Å². The van der Waals surface area contributed by atoms with Crippen molar-refractivity contribution >= 4 is 65.0 Å². The normalized spacial score (nSPS) is 23.4. The zero-order valence-corrected chi connectivity index (χ0v) is 42.3. The van der Waals surface area contributed by atoms with Gasteiger partial charge in [0.15, 0.2) is 0 Å². The smallest absolute Gasteiger partial charge is 0.410 e. The van der Waals surface area contributed by atoms with Crippen LogP contribution < -0.4 is 16.0 Å². The standard InChI is InChI=1S/C52H70ClN7O10/c1-33(2)48(57-44(62)11-9-8-10-22-59-45(63)20-21-46(59)64)51(67)55-37(6)50(66)56-41-16-14-38(15-17-41)32-60(7)25-23-58(24-26-60)52(68)69-43-19-13-35(4)49(36(5)27-39-28-40(53)31-54-30-39)70-47(65)29-42(61)18-12-34(43)3/h13-17,19-21,27-28,30-31,33-35,37,42-43,48-49,61H,8-12,18,22-26,29,32H2,1-7H3,(H2-,55,56,57,62,66,67)/p+1/b19-13+,36-27+/t34-,35-,37?,42+,43-,48?,49-/m0/s1. The van der Waals surface area contributed by atoms with Crippen molar-refractivity contribution in [2.75, 3.05) is 45.1 Å². The van der Waals surface area contributed by atoms with Crippen LogP contribution in [-0.4, -0.2) is 136 Å². The molecule has 6 amide bonds. The molecule has 3 aliphatic rings. The quantitative estimate of drug-likeness (QED) is 0.0477. The Morgan fingerprint density at radius 1 is 0.943 bits per heavy atom. The first kappa shape index (κ1) is 55.0. The minimum Gasteiger partial charge on any atom is -0.457 e. The molecule has 4 heterocycles. The number of imide groups is 1. The van der Waals surface area contributed by atoms with E-state index in [2.05, 4.69) is 28.0 Å². The highest BCUT2D eigenvalue weighted by Gasteiger charge is 2.34. The first-order valence-electron chi connectivity index (χ1n) is 24.4. The molecule has 70 heavy (non-hydrogen) atoms. The number of hydrogen-bond donors (Lipinski definition) is 4. The number of benzene rings is 1. The molecule has 0 spiro atoms. The zero-order valence-electron chi connectivity index (χ0n) is 41.5. The van der Waals surface area contributed by atoms with Gasteiger partial charge in [-0.25, -0.2) is 4.79 Å². The topological polar surface area (TPSA) is 214 Å². The number of rotatable bonds is 17. The fraction of sp³-hybridized carbons (Fsp3) is 0.538. The number of aliphatic hydroxyl groups excluding tert-OH is 1. The number of amides is 6. The number of pyridine rings is 1. The van der Waals surface area contributed by atoms with Gasteiger partial charge >= 0.3 is 12.1 Å². The second-order valence-electron chi connectivity index (χ2n) is 19.6. The number of aliphatic hydroxyl groups is 1. The number of carbonyl (C=O) groups excluding carboxylic acids is 7. The summed E-state index contributed by atoms with van der Waals surface area (Å²) in [6.07, 6.45) is 11.4. The summed E-state index contributed by atoms with van der Waals surface area (Å²) in [6.45, 7) is 14.3. The van der Waals surface area contributed by atoms with Gasteiger partial charge in [-0.15, -0.1) is 0 Å². The molecule has 18 heteroatoms. The van der Waals surface area contributed by atoms with Crippen molar-refractivity contribution in [3.8, 4) is 0 Å².